The number of rotatable bonds is 5. The molecule has 2 aromatic carbocycles. The lowest BCUT2D eigenvalue weighted by molar-refractivity contribution is -0.125. The first kappa shape index (κ1) is 19.4. The van der Waals surface area contributed by atoms with Crippen molar-refractivity contribution in [1.82, 2.24) is 4.72 Å². The van der Waals surface area contributed by atoms with Gasteiger partial charge in [-0.05, 0) is 35.9 Å². The molecule has 0 aromatic heterocycles. The van der Waals surface area contributed by atoms with Crippen LogP contribution in [0.15, 0.2) is 48.5 Å². The minimum absolute atomic E-state index is 0.148. The Labute approximate surface area is 161 Å². The summed E-state index contributed by atoms with van der Waals surface area (Å²) in [5.74, 6) is -2.68. The highest BCUT2D eigenvalue weighted by atomic mass is 32.2. The predicted octanol–water partition coefficient (Wildman–Crippen LogP) is 1.37. The lowest BCUT2D eigenvalue weighted by atomic mass is 9.90. The van der Waals surface area contributed by atoms with Crippen LogP contribution in [-0.2, 0) is 24.5 Å². The van der Waals surface area contributed by atoms with Crippen LogP contribution in [0.4, 0.5) is 11.4 Å². The summed E-state index contributed by atoms with van der Waals surface area (Å²) in [4.78, 5) is 35.7. The zero-order chi connectivity index (χ0) is 20.3. The van der Waals surface area contributed by atoms with Gasteiger partial charge in [0.15, 0.2) is 0 Å². The van der Waals surface area contributed by atoms with Gasteiger partial charge >= 0.3 is 16.2 Å². The van der Waals surface area contributed by atoms with Crippen LogP contribution >= 0.6 is 0 Å². The number of anilines is 2. The van der Waals surface area contributed by atoms with Crippen molar-refractivity contribution in [3.05, 3.63) is 59.7 Å². The van der Waals surface area contributed by atoms with Gasteiger partial charge in [0, 0.05) is 12.1 Å². The Morgan fingerprint density at radius 1 is 1.11 bits per heavy atom. The van der Waals surface area contributed by atoms with Crippen molar-refractivity contribution < 1.29 is 27.5 Å². The Morgan fingerprint density at radius 3 is 2.46 bits per heavy atom. The maximum Gasteiger partial charge on any atom is 0.337 e. The van der Waals surface area contributed by atoms with Crippen LogP contribution in [0.1, 0.15) is 28.3 Å². The van der Waals surface area contributed by atoms with Crippen LogP contribution in [0.2, 0.25) is 0 Å². The van der Waals surface area contributed by atoms with Gasteiger partial charge in [-0.15, -0.1) is 0 Å². The van der Waals surface area contributed by atoms with E-state index in [9.17, 15) is 22.8 Å². The fourth-order valence-electron chi connectivity index (χ4n) is 2.82. The van der Waals surface area contributed by atoms with Gasteiger partial charge in [0.25, 0.3) is 0 Å². The van der Waals surface area contributed by atoms with Crippen molar-refractivity contribution >= 4 is 39.4 Å². The fourth-order valence-corrected chi connectivity index (χ4v) is 3.73. The SMILES string of the molecule is COC(=O)c1ccc(NS(=O)(=O)NC(=O)C2CC(=O)Nc3ccccc32)cc1. The van der Waals surface area contributed by atoms with E-state index < -0.39 is 28.0 Å². The monoisotopic (exact) mass is 403 g/mol. The maximum absolute atomic E-state index is 12.5. The predicted molar refractivity (Wildman–Crippen MR) is 101 cm³/mol. The third kappa shape index (κ3) is 4.29. The van der Waals surface area contributed by atoms with E-state index in [4.69, 9.17) is 0 Å². The number of para-hydroxylation sites is 1. The molecule has 1 aliphatic rings. The van der Waals surface area contributed by atoms with Crippen LogP contribution < -0.4 is 14.8 Å². The molecular weight excluding hydrogens is 386 g/mol. The second kappa shape index (κ2) is 7.69. The smallest absolute Gasteiger partial charge is 0.337 e. The van der Waals surface area contributed by atoms with E-state index in [2.05, 4.69) is 14.8 Å². The highest BCUT2D eigenvalue weighted by Crippen LogP contribution is 2.32. The van der Waals surface area contributed by atoms with Crippen LogP contribution in [0, 0.1) is 0 Å². The van der Waals surface area contributed by atoms with Crippen molar-refractivity contribution in [2.24, 2.45) is 0 Å². The maximum atomic E-state index is 12.5. The molecule has 2 aromatic rings. The number of fused-ring (bicyclic) bond motifs is 1. The van der Waals surface area contributed by atoms with Crippen LogP contribution in [0.5, 0.6) is 0 Å². The Hall–Kier alpha value is -3.40. The van der Waals surface area contributed by atoms with Crippen molar-refractivity contribution in [3.63, 3.8) is 0 Å². The number of esters is 1. The van der Waals surface area contributed by atoms with Gasteiger partial charge in [-0.1, -0.05) is 18.2 Å². The van der Waals surface area contributed by atoms with Crippen molar-refractivity contribution in [2.75, 3.05) is 17.1 Å². The zero-order valence-electron chi connectivity index (χ0n) is 14.8. The molecule has 1 atom stereocenters. The number of nitrogens with one attached hydrogen (secondary N) is 3. The highest BCUT2D eigenvalue weighted by Gasteiger charge is 2.32. The number of benzene rings is 2. The summed E-state index contributed by atoms with van der Waals surface area (Å²) in [6.07, 6.45) is -0.161. The lowest BCUT2D eigenvalue weighted by Gasteiger charge is -2.24. The number of ether oxygens (including phenoxy) is 1. The molecule has 0 radical (unpaired) electrons. The molecule has 0 spiro atoms. The fraction of sp³-hybridized carbons (Fsp3) is 0.167. The summed E-state index contributed by atoms with van der Waals surface area (Å²) in [6.45, 7) is 0. The normalized spacial score (nSPS) is 15.8. The molecule has 28 heavy (non-hydrogen) atoms. The summed E-state index contributed by atoms with van der Waals surface area (Å²) < 4.78 is 33.3. The minimum atomic E-state index is -4.24. The van der Waals surface area contributed by atoms with E-state index in [1.165, 1.54) is 31.4 Å². The Morgan fingerprint density at radius 2 is 1.79 bits per heavy atom. The summed E-state index contributed by atoms with van der Waals surface area (Å²) in [7, 11) is -3.01. The molecule has 3 N–H and O–H groups in total. The summed E-state index contributed by atoms with van der Waals surface area (Å²) >= 11 is 0. The average molecular weight is 403 g/mol. The van der Waals surface area contributed by atoms with Crippen molar-refractivity contribution in [3.8, 4) is 0 Å². The first-order valence-corrected chi connectivity index (χ1v) is 9.69. The molecular formula is C18H17N3O6S. The summed E-state index contributed by atoms with van der Waals surface area (Å²) in [5.41, 5.74) is 1.41. The van der Waals surface area contributed by atoms with E-state index in [0.29, 0.717) is 11.3 Å². The van der Waals surface area contributed by atoms with Gasteiger partial charge in [-0.2, -0.15) is 8.42 Å². The molecule has 0 saturated carbocycles. The third-order valence-corrected chi connectivity index (χ3v) is 5.08. The second-order valence-electron chi connectivity index (χ2n) is 6.03. The van der Waals surface area contributed by atoms with Gasteiger partial charge in [-0.3, -0.25) is 14.3 Å². The Kier molecular flexibility index (Phi) is 5.32. The zero-order valence-corrected chi connectivity index (χ0v) is 15.6. The van der Waals surface area contributed by atoms with Gasteiger partial charge < -0.3 is 10.1 Å². The van der Waals surface area contributed by atoms with E-state index >= 15 is 0 Å². The summed E-state index contributed by atoms with van der Waals surface area (Å²) in [6, 6.07) is 12.2. The largest absolute Gasteiger partial charge is 0.465 e. The van der Waals surface area contributed by atoms with Crippen LogP contribution in [0.3, 0.4) is 0 Å². The van der Waals surface area contributed by atoms with Crippen molar-refractivity contribution in [1.29, 1.82) is 0 Å². The van der Waals surface area contributed by atoms with Crippen LogP contribution in [-0.4, -0.2) is 33.3 Å². The van der Waals surface area contributed by atoms with Crippen molar-refractivity contribution in [2.45, 2.75) is 12.3 Å². The molecule has 9 nitrogen and oxygen atoms in total. The highest BCUT2D eigenvalue weighted by molar-refractivity contribution is 7.91. The van der Waals surface area contributed by atoms with E-state index in [0.717, 1.165) is 0 Å². The lowest BCUT2D eigenvalue weighted by Crippen LogP contribution is -2.40. The van der Waals surface area contributed by atoms with Gasteiger partial charge in [-0.25, -0.2) is 9.52 Å². The molecule has 2 amide bonds. The molecule has 1 aliphatic heterocycles. The van der Waals surface area contributed by atoms with E-state index in [1.54, 1.807) is 24.3 Å². The van der Waals surface area contributed by atoms with Crippen LogP contribution in [0.25, 0.3) is 0 Å². The number of hydrogen-bond donors (Lipinski definition) is 3. The molecule has 0 bridgehead atoms. The molecule has 10 heteroatoms. The first-order valence-electron chi connectivity index (χ1n) is 8.20. The number of methoxy groups -OCH3 is 1. The van der Waals surface area contributed by atoms with Gasteiger partial charge in [0.1, 0.15) is 0 Å². The second-order valence-corrected chi connectivity index (χ2v) is 7.45. The quantitative estimate of drug-likeness (QED) is 0.647. The third-order valence-electron chi connectivity index (χ3n) is 4.11. The van der Waals surface area contributed by atoms with Gasteiger partial charge in [0.05, 0.1) is 24.3 Å². The first-order chi connectivity index (χ1) is 13.3. The summed E-state index contributed by atoms with van der Waals surface area (Å²) in [5, 5.41) is 2.64. The topological polar surface area (TPSA) is 131 Å². The molecule has 0 saturated heterocycles. The van der Waals surface area contributed by atoms with Gasteiger partial charge in [0.2, 0.25) is 11.8 Å². The Bertz CT molecular complexity index is 1030. The molecule has 1 unspecified atom stereocenters. The van der Waals surface area contributed by atoms with E-state index in [1.807, 2.05) is 4.72 Å². The molecule has 0 aliphatic carbocycles. The molecule has 0 fully saturated rings. The number of hydrogen-bond acceptors (Lipinski definition) is 6. The standard InChI is InChI=1S/C18H17N3O6S/c1-27-18(24)11-6-8-12(9-7-11)20-28(25,26)21-17(23)14-10-16(22)19-15-5-3-2-4-13(14)15/h2-9,14,20H,10H2,1H3,(H,19,22)(H,21,23). The number of amides is 2. The Balaban J connectivity index is 1.73. The number of carbonyl (C=O) groups is 3. The van der Waals surface area contributed by atoms with E-state index in [-0.39, 0.29) is 23.6 Å². The minimum Gasteiger partial charge on any atom is -0.465 e. The molecule has 146 valence electrons. The molecule has 3 rings (SSSR count). The number of carbonyl (C=O) groups excluding carboxylic acids is 3. The average Bonchev–Trinajstić information content (AvgIpc) is 2.66. The molecule has 1 heterocycles.